The standard InChI is InChI=1S/C24H19NO/c1-2-25-22-10-6-5-9-20(22)21-12-11-16(14-23(21)25)13-18-15-17-7-3-4-8-19(17)24(18)26/h3-14H,2,15H2,1H3/b18-13-. The van der Waals surface area contributed by atoms with Gasteiger partial charge in [0, 0.05) is 45.9 Å². The lowest BCUT2D eigenvalue weighted by Gasteiger charge is -2.04. The van der Waals surface area contributed by atoms with Crippen LogP contribution in [-0.2, 0) is 13.0 Å². The van der Waals surface area contributed by atoms with Crippen molar-refractivity contribution in [3.05, 3.63) is 89.0 Å². The summed E-state index contributed by atoms with van der Waals surface area (Å²) in [6.45, 7) is 3.10. The second-order valence-electron chi connectivity index (χ2n) is 6.87. The summed E-state index contributed by atoms with van der Waals surface area (Å²) in [4.78, 5) is 12.7. The predicted octanol–water partition coefficient (Wildman–Crippen LogP) is 5.64. The zero-order valence-corrected chi connectivity index (χ0v) is 14.7. The number of hydrogen-bond acceptors (Lipinski definition) is 1. The third kappa shape index (κ3) is 2.15. The van der Waals surface area contributed by atoms with Gasteiger partial charge in [0.05, 0.1) is 0 Å². The quantitative estimate of drug-likeness (QED) is 0.434. The molecular formula is C24H19NO. The van der Waals surface area contributed by atoms with Crippen LogP contribution in [0.2, 0.25) is 0 Å². The van der Waals surface area contributed by atoms with Crippen LogP contribution in [0.5, 0.6) is 0 Å². The fraction of sp³-hybridized carbons (Fsp3) is 0.125. The smallest absolute Gasteiger partial charge is 0.189 e. The zero-order valence-electron chi connectivity index (χ0n) is 14.7. The van der Waals surface area contributed by atoms with E-state index in [4.69, 9.17) is 0 Å². The van der Waals surface area contributed by atoms with E-state index in [1.165, 1.54) is 21.8 Å². The molecule has 1 aromatic heterocycles. The molecule has 0 aliphatic heterocycles. The van der Waals surface area contributed by atoms with Crippen LogP contribution < -0.4 is 0 Å². The van der Waals surface area contributed by atoms with Gasteiger partial charge in [0.2, 0.25) is 0 Å². The van der Waals surface area contributed by atoms with E-state index >= 15 is 0 Å². The number of allylic oxidation sites excluding steroid dienone is 1. The Bertz CT molecular complexity index is 1210. The predicted molar refractivity (Wildman–Crippen MR) is 108 cm³/mol. The molecule has 3 aromatic carbocycles. The molecule has 1 heterocycles. The number of aromatic nitrogens is 1. The second kappa shape index (κ2) is 5.70. The fourth-order valence-electron chi connectivity index (χ4n) is 4.17. The number of carbonyl (C=O) groups excluding carboxylic acids is 1. The molecule has 0 radical (unpaired) electrons. The minimum Gasteiger partial charge on any atom is -0.341 e. The summed E-state index contributed by atoms with van der Waals surface area (Å²) in [7, 11) is 0. The van der Waals surface area contributed by atoms with E-state index in [1.807, 2.05) is 24.3 Å². The van der Waals surface area contributed by atoms with E-state index in [1.54, 1.807) is 0 Å². The number of aryl methyl sites for hydroxylation is 1. The molecule has 0 bridgehead atoms. The highest BCUT2D eigenvalue weighted by atomic mass is 16.1. The maximum atomic E-state index is 12.7. The van der Waals surface area contributed by atoms with E-state index in [9.17, 15) is 4.79 Å². The van der Waals surface area contributed by atoms with Gasteiger partial charge in [-0.2, -0.15) is 0 Å². The molecule has 5 rings (SSSR count). The van der Waals surface area contributed by atoms with Gasteiger partial charge in [-0.05, 0) is 36.3 Å². The van der Waals surface area contributed by atoms with Crippen LogP contribution in [0.1, 0.15) is 28.4 Å². The van der Waals surface area contributed by atoms with Crippen molar-refractivity contribution in [2.45, 2.75) is 19.9 Å². The third-order valence-corrected chi connectivity index (χ3v) is 5.39. The van der Waals surface area contributed by atoms with Crippen LogP contribution in [0.15, 0.2) is 72.3 Å². The van der Waals surface area contributed by atoms with Gasteiger partial charge >= 0.3 is 0 Å². The summed E-state index contributed by atoms with van der Waals surface area (Å²) < 4.78 is 2.35. The molecule has 2 nitrogen and oxygen atoms in total. The first-order valence-corrected chi connectivity index (χ1v) is 9.10. The Kier molecular flexibility index (Phi) is 3.32. The molecule has 0 atom stereocenters. The average Bonchev–Trinajstić information content (AvgIpc) is 3.16. The van der Waals surface area contributed by atoms with Crippen LogP contribution in [0.25, 0.3) is 27.9 Å². The second-order valence-corrected chi connectivity index (χ2v) is 6.87. The number of para-hydroxylation sites is 1. The Balaban J connectivity index is 1.65. The lowest BCUT2D eigenvalue weighted by Crippen LogP contribution is -1.95. The minimum absolute atomic E-state index is 0.164. The number of Topliss-reactive ketones (excluding diaryl/α,β-unsaturated/α-hetero) is 1. The number of fused-ring (bicyclic) bond motifs is 4. The maximum Gasteiger partial charge on any atom is 0.189 e. The SMILES string of the molecule is CCn1c2ccccc2c2ccc(/C=C3/Cc4ccccc4C3=O)cc21. The summed E-state index contributed by atoms with van der Waals surface area (Å²) >= 11 is 0. The molecule has 0 saturated carbocycles. The number of nitrogens with zero attached hydrogens (tertiary/aromatic N) is 1. The number of ketones is 1. The number of rotatable bonds is 2. The molecule has 0 amide bonds. The molecule has 0 unspecified atom stereocenters. The van der Waals surface area contributed by atoms with Gasteiger partial charge in [0.15, 0.2) is 5.78 Å². The van der Waals surface area contributed by atoms with Crippen molar-refractivity contribution in [1.82, 2.24) is 4.57 Å². The highest BCUT2D eigenvalue weighted by Crippen LogP contribution is 2.32. The largest absolute Gasteiger partial charge is 0.341 e. The minimum atomic E-state index is 0.164. The van der Waals surface area contributed by atoms with Crippen molar-refractivity contribution in [2.24, 2.45) is 0 Å². The van der Waals surface area contributed by atoms with Crippen LogP contribution >= 0.6 is 0 Å². The number of benzene rings is 3. The summed E-state index contributed by atoms with van der Waals surface area (Å²) in [5.74, 6) is 0.164. The summed E-state index contributed by atoms with van der Waals surface area (Å²) in [5, 5.41) is 2.55. The highest BCUT2D eigenvalue weighted by molar-refractivity contribution is 6.16. The first kappa shape index (κ1) is 15.2. The van der Waals surface area contributed by atoms with Gasteiger partial charge in [0.1, 0.15) is 0 Å². The first-order chi connectivity index (χ1) is 12.8. The van der Waals surface area contributed by atoms with Crippen molar-refractivity contribution in [3.8, 4) is 0 Å². The lowest BCUT2D eigenvalue weighted by atomic mass is 10.1. The Morgan fingerprint density at radius 1 is 0.923 bits per heavy atom. The zero-order chi connectivity index (χ0) is 17.7. The van der Waals surface area contributed by atoms with E-state index in [2.05, 4.69) is 60.0 Å². The first-order valence-electron chi connectivity index (χ1n) is 9.10. The normalized spacial score (nSPS) is 15.3. The maximum absolute atomic E-state index is 12.7. The molecule has 0 N–H and O–H groups in total. The Labute approximate surface area is 152 Å². The van der Waals surface area contributed by atoms with Gasteiger partial charge < -0.3 is 4.57 Å². The number of hydrogen-bond donors (Lipinski definition) is 0. The Morgan fingerprint density at radius 3 is 2.54 bits per heavy atom. The van der Waals surface area contributed by atoms with Crippen LogP contribution in [0, 0.1) is 0 Å². The molecule has 26 heavy (non-hydrogen) atoms. The monoisotopic (exact) mass is 337 g/mol. The van der Waals surface area contributed by atoms with Gasteiger partial charge in [-0.25, -0.2) is 0 Å². The van der Waals surface area contributed by atoms with Gasteiger partial charge in [-0.15, -0.1) is 0 Å². The summed E-state index contributed by atoms with van der Waals surface area (Å²) in [5.41, 5.74) is 6.44. The summed E-state index contributed by atoms with van der Waals surface area (Å²) in [6.07, 6.45) is 2.78. The van der Waals surface area contributed by atoms with Crippen molar-refractivity contribution in [1.29, 1.82) is 0 Å². The average molecular weight is 337 g/mol. The van der Waals surface area contributed by atoms with Gasteiger partial charge in [0.25, 0.3) is 0 Å². The summed E-state index contributed by atoms with van der Waals surface area (Å²) in [6, 6.07) is 23.0. The van der Waals surface area contributed by atoms with E-state index < -0.39 is 0 Å². The van der Waals surface area contributed by atoms with Crippen LogP contribution in [0.3, 0.4) is 0 Å². The van der Waals surface area contributed by atoms with Crippen molar-refractivity contribution in [2.75, 3.05) is 0 Å². The fourth-order valence-corrected chi connectivity index (χ4v) is 4.17. The molecule has 4 aromatic rings. The van der Waals surface area contributed by atoms with E-state index in [-0.39, 0.29) is 5.78 Å². The molecule has 126 valence electrons. The molecule has 1 aliphatic carbocycles. The lowest BCUT2D eigenvalue weighted by molar-refractivity contribution is 0.104. The van der Waals surface area contributed by atoms with Crippen LogP contribution in [0.4, 0.5) is 0 Å². The van der Waals surface area contributed by atoms with Gasteiger partial charge in [-0.1, -0.05) is 54.6 Å². The van der Waals surface area contributed by atoms with Crippen molar-refractivity contribution < 1.29 is 4.79 Å². The molecule has 2 heteroatoms. The topological polar surface area (TPSA) is 22.0 Å². The molecule has 0 saturated heterocycles. The van der Waals surface area contributed by atoms with Crippen LogP contribution in [-0.4, -0.2) is 10.4 Å². The van der Waals surface area contributed by atoms with E-state index in [0.717, 1.165) is 35.2 Å². The molecule has 0 spiro atoms. The van der Waals surface area contributed by atoms with Crippen molar-refractivity contribution in [3.63, 3.8) is 0 Å². The third-order valence-electron chi connectivity index (χ3n) is 5.39. The molecular weight excluding hydrogens is 318 g/mol. The number of carbonyl (C=O) groups is 1. The van der Waals surface area contributed by atoms with E-state index in [0.29, 0.717) is 0 Å². The van der Waals surface area contributed by atoms with Gasteiger partial charge in [-0.3, -0.25) is 4.79 Å². The Hall–Kier alpha value is -3.13. The highest BCUT2D eigenvalue weighted by Gasteiger charge is 2.24. The molecule has 1 aliphatic rings. The van der Waals surface area contributed by atoms with Crippen molar-refractivity contribution >= 4 is 33.7 Å². The molecule has 0 fully saturated rings. The Morgan fingerprint density at radius 2 is 1.69 bits per heavy atom.